The van der Waals surface area contributed by atoms with Crippen LogP contribution in [0.3, 0.4) is 0 Å². The predicted molar refractivity (Wildman–Crippen MR) is 126 cm³/mol. The van der Waals surface area contributed by atoms with E-state index >= 15 is 0 Å². The molecule has 5 nitrogen and oxygen atoms in total. The fourth-order valence-corrected chi connectivity index (χ4v) is 9.00. The summed E-state index contributed by atoms with van der Waals surface area (Å²) in [4.78, 5) is 13.4. The molecule has 10 heteroatoms. The van der Waals surface area contributed by atoms with Gasteiger partial charge in [0.15, 0.2) is 0 Å². The predicted octanol–water partition coefficient (Wildman–Crippen LogP) is 5.17. The van der Waals surface area contributed by atoms with Crippen LogP contribution in [-0.2, 0) is 4.79 Å². The molecule has 7 atom stereocenters. The molecule has 0 amide bonds. The minimum absolute atomic E-state index is 0.0219. The van der Waals surface area contributed by atoms with E-state index in [-0.39, 0.29) is 34.0 Å². The maximum Gasteiger partial charge on any atom is 0.392 e. The maximum atomic E-state index is 13.8. The smallest absolute Gasteiger partial charge is 0.392 e. The average molecular weight is 558 g/mol. The highest BCUT2D eigenvalue weighted by Crippen LogP contribution is 2.46. The van der Waals surface area contributed by atoms with E-state index in [0.717, 1.165) is 38.5 Å². The normalized spacial score (nSPS) is 43.1. The lowest BCUT2D eigenvalue weighted by atomic mass is 9.77. The molecule has 4 aliphatic rings. The summed E-state index contributed by atoms with van der Waals surface area (Å²) in [6.07, 6.45) is 2.76. The SMILES string of the molecule is O=C(O)C1CCC(CC2SC3NC(Br)CCC3N(CC3CCCCC3C(F)(F)F)C2O)CC1. The molecule has 7 unspecified atom stereocenters. The molecule has 2 aliphatic carbocycles. The molecule has 190 valence electrons. The van der Waals surface area contributed by atoms with Crippen molar-refractivity contribution in [3.05, 3.63) is 0 Å². The molecule has 33 heavy (non-hydrogen) atoms. The van der Waals surface area contributed by atoms with Crippen molar-refractivity contribution in [2.45, 2.75) is 105 Å². The zero-order valence-electron chi connectivity index (χ0n) is 18.9. The molecule has 3 N–H and O–H groups in total. The Morgan fingerprint density at radius 2 is 1.76 bits per heavy atom. The first-order chi connectivity index (χ1) is 15.6. The van der Waals surface area contributed by atoms with E-state index < -0.39 is 30.2 Å². The van der Waals surface area contributed by atoms with Crippen LogP contribution in [0.25, 0.3) is 0 Å². The Labute approximate surface area is 206 Å². The Bertz CT molecular complexity index is 680. The third-order valence-electron chi connectivity index (χ3n) is 8.37. The molecule has 4 fully saturated rings. The molecule has 4 rings (SSSR count). The largest absolute Gasteiger partial charge is 0.481 e. The zero-order chi connectivity index (χ0) is 23.8. The number of alkyl halides is 4. The molecular formula is C23H36BrF3N2O3S. The zero-order valence-corrected chi connectivity index (χ0v) is 21.3. The van der Waals surface area contributed by atoms with E-state index in [0.29, 0.717) is 38.1 Å². The topological polar surface area (TPSA) is 72.8 Å². The Kier molecular flexibility index (Phi) is 8.63. The number of fused-ring (bicyclic) bond motifs is 1. The highest BCUT2D eigenvalue weighted by Gasteiger charge is 2.50. The van der Waals surface area contributed by atoms with Crippen molar-refractivity contribution >= 4 is 33.7 Å². The standard InChI is InChI=1S/C23H36BrF3N2O3S/c24-19-10-9-17-20(28-19)33-18(11-13-5-7-14(8-6-13)22(31)32)21(30)29(17)12-15-3-1-2-4-16(15)23(25,26)27/h13-21,28,30H,1-12H2,(H,31,32). The molecule has 0 aromatic heterocycles. The number of aliphatic hydroxyl groups is 1. The summed E-state index contributed by atoms with van der Waals surface area (Å²) < 4.78 is 41.3. The molecular weight excluding hydrogens is 521 g/mol. The molecule has 2 heterocycles. The molecule has 0 bridgehead atoms. The van der Waals surface area contributed by atoms with Crippen LogP contribution in [0.15, 0.2) is 0 Å². The first-order valence-corrected chi connectivity index (χ1v) is 14.3. The fraction of sp³-hybridized carbons (Fsp3) is 0.957. The Balaban J connectivity index is 1.46. The summed E-state index contributed by atoms with van der Waals surface area (Å²) in [6.45, 7) is 0.296. The number of aliphatic hydroxyl groups excluding tert-OH is 1. The van der Waals surface area contributed by atoms with Crippen molar-refractivity contribution in [2.75, 3.05) is 6.54 Å². The number of carbonyl (C=O) groups is 1. The van der Waals surface area contributed by atoms with Crippen LogP contribution >= 0.6 is 27.7 Å². The highest BCUT2D eigenvalue weighted by atomic mass is 79.9. The van der Waals surface area contributed by atoms with Gasteiger partial charge in [0.1, 0.15) is 6.23 Å². The van der Waals surface area contributed by atoms with Gasteiger partial charge in [0.25, 0.3) is 0 Å². The van der Waals surface area contributed by atoms with E-state index in [1.165, 1.54) is 0 Å². The summed E-state index contributed by atoms with van der Waals surface area (Å²) in [5, 5.41) is 24.2. The van der Waals surface area contributed by atoms with Gasteiger partial charge in [0, 0.05) is 17.8 Å². The minimum Gasteiger partial charge on any atom is -0.481 e. The lowest BCUT2D eigenvalue weighted by molar-refractivity contribution is -0.201. The first-order valence-electron chi connectivity index (χ1n) is 12.4. The second-order valence-electron chi connectivity index (χ2n) is 10.5. The number of carboxylic acid groups (broad SMARTS) is 1. The van der Waals surface area contributed by atoms with Gasteiger partial charge in [0.2, 0.25) is 0 Å². The molecule has 0 spiro atoms. The number of rotatable bonds is 5. The molecule has 2 saturated carbocycles. The molecule has 2 aliphatic heterocycles. The number of piperidine rings is 1. The fourth-order valence-electron chi connectivity index (χ4n) is 6.50. The number of nitrogens with zero attached hydrogens (tertiary/aromatic N) is 1. The summed E-state index contributed by atoms with van der Waals surface area (Å²) >= 11 is 5.38. The van der Waals surface area contributed by atoms with Crippen LogP contribution in [0.1, 0.15) is 70.6 Å². The number of halogens is 4. The van der Waals surface area contributed by atoms with Crippen molar-refractivity contribution in [2.24, 2.45) is 23.7 Å². The number of hydrogen-bond acceptors (Lipinski definition) is 5. The lowest BCUT2D eigenvalue weighted by Gasteiger charge is -2.53. The third-order valence-corrected chi connectivity index (χ3v) is 10.6. The van der Waals surface area contributed by atoms with Crippen LogP contribution in [0, 0.1) is 23.7 Å². The van der Waals surface area contributed by atoms with Crippen molar-refractivity contribution in [1.29, 1.82) is 0 Å². The van der Waals surface area contributed by atoms with Crippen molar-refractivity contribution in [3.8, 4) is 0 Å². The number of thioether (sulfide) groups is 1. The van der Waals surface area contributed by atoms with Gasteiger partial charge in [-0.25, -0.2) is 0 Å². The van der Waals surface area contributed by atoms with Gasteiger partial charge in [-0.05, 0) is 69.6 Å². The molecule has 0 radical (unpaired) electrons. The average Bonchev–Trinajstić information content (AvgIpc) is 2.76. The highest BCUT2D eigenvalue weighted by molar-refractivity contribution is 9.09. The van der Waals surface area contributed by atoms with Crippen LogP contribution in [0.4, 0.5) is 13.2 Å². The van der Waals surface area contributed by atoms with Crippen LogP contribution in [0.5, 0.6) is 0 Å². The minimum atomic E-state index is -4.19. The summed E-state index contributed by atoms with van der Waals surface area (Å²) in [5.74, 6) is -2.39. The number of hydrogen-bond donors (Lipinski definition) is 3. The van der Waals surface area contributed by atoms with Crippen LogP contribution in [-0.4, -0.2) is 61.6 Å². The van der Waals surface area contributed by atoms with E-state index in [1.807, 2.05) is 4.90 Å². The van der Waals surface area contributed by atoms with Crippen LogP contribution < -0.4 is 5.32 Å². The second-order valence-corrected chi connectivity index (χ2v) is 13.0. The van der Waals surface area contributed by atoms with Gasteiger partial charge < -0.3 is 10.2 Å². The summed E-state index contributed by atoms with van der Waals surface area (Å²) in [6, 6.07) is 0.0219. The van der Waals surface area contributed by atoms with Crippen LogP contribution in [0.2, 0.25) is 0 Å². The van der Waals surface area contributed by atoms with Gasteiger partial charge in [-0.2, -0.15) is 13.2 Å². The van der Waals surface area contributed by atoms with E-state index in [1.54, 1.807) is 11.8 Å². The van der Waals surface area contributed by atoms with Gasteiger partial charge in [-0.3, -0.25) is 15.0 Å². The molecule has 0 aromatic rings. The van der Waals surface area contributed by atoms with Gasteiger partial charge in [0.05, 0.1) is 22.2 Å². The maximum absolute atomic E-state index is 13.8. The van der Waals surface area contributed by atoms with Gasteiger partial charge in [-0.1, -0.05) is 28.8 Å². The third kappa shape index (κ3) is 6.22. The summed E-state index contributed by atoms with van der Waals surface area (Å²) in [5.41, 5.74) is 0. The summed E-state index contributed by atoms with van der Waals surface area (Å²) in [7, 11) is 0. The van der Waals surface area contributed by atoms with Crippen molar-refractivity contribution < 1.29 is 28.2 Å². The van der Waals surface area contributed by atoms with Crippen molar-refractivity contribution in [3.63, 3.8) is 0 Å². The quantitative estimate of drug-likeness (QED) is 0.320. The Morgan fingerprint density at radius 3 is 2.42 bits per heavy atom. The lowest BCUT2D eigenvalue weighted by Crippen LogP contribution is -2.64. The Hall–Kier alpha value is -0.0300. The Morgan fingerprint density at radius 1 is 1.06 bits per heavy atom. The number of aliphatic carboxylic acids is 1. The van der Waals surface area contributed by atoms with E-state index in [9.17, 15) is 28.2 Å². The number of carboxylic acids is 1. The van der Waals surface area contributed by atoms with E-state index in [4.69, 9.17) is 0 Å². The second kappa shape index (κ2) is 10.9. The van der Waals surface area contributed by atoms with Gasteiger partial charge >= 0.3 is 12.1 Å². The van der Waals surface area contributed by atoms with Crippen molar-refractivity contribution in [1.82, 2.24) is 10.2 Å². The number of nitrogens with one attached hydrogen (secondary N) is 1. The first kappa shape index (κ1) is 26.0. The molecule has 0 aromatic carbocycles. The van der Waals surface area contributed by atoms with Gasteiger partial charge in [-0.15, -0.1) is 11.8 Å². The van der Waals surface area contributed by atoms with E-state index in [2.05, 4.69) is 21.2 Å². The monoisotopic (exact) mass is 556 g/mol. The molecule has 2 saturated heterocycles.